The summed E-state index contributed by atoms with van der Waals surface area (Å²) in [5.41, 5.74) is 1.37. The zero-order valence-corrected chi connectivity index (χ0v) is 15.1. The maximum atomic E-state index is 12.3. The second-order valence-electron chi connectivity index (χ2n) is 6.26. The number of likely N-dealkylation sites (tertiary alicyclic amines) is 1. The Morgan fingerprint density at radius 2 is 2.20 bits per heavy atom. The lowest BCUT2D eigenvalue weighted by Gasteiger charge is -2.31. The molecular weight excluding hydrogens is 340 g/mol. The summed E-state index contributed by atoms with van der Waals surface area (Å²) < 4.78 is 8.86. The van der Waals surface area contributed by atoms with E-state index in [2.05, 4.69) is 21.8 Å². The normalized spacial score (nSPS) is 15.3. The first-order valence-corrected chi connectivity index (χ1v) is 9.37. The van der Waals surface area contributed by atoms with Crippen LogP contribution in [0.15, 0.2) is 23.0 Å². The zero-order chi connectivity index (χ0) is 17.6. The second-order valence-corrected chi connectivity index (χ2v) is 7.01. The molecule has 0 unspecified atom stereocenters. The summed E-state index contributed by atoms with van der Waals surface area (Å²) in [5, 5.41) is 7.03. The zero-order valence-electron chi connectivity index (χ0n) is 14.2. The molecule has 2 aromatic heterocycles. The van der Waals surface area contributed by atoms with Crippen LogP contribution >= 0.6 is 11.5 Å². The monoisotopic (exact) mass is 362 g/mol. The van der Waals surface area contributed by atoms with Gasteiger partial charge in [0.15, 0.2) is 0 Å². The fourth-order valence-electron chi connectivity index (χ4n) is 3.01. The van der Waals surface area contributed by atoms with E-state index in [-0.39, 0.29) is 11.8 Å². The van der Waals surface area contributed by atoms with Crippen molar-refractivity contribution in [2.24, 2.45) is 5.92 Å². The molecule has 1 aliphatic rings. The molecule has 0 atom stereocenters. The molecular formula is C17H22N4O3S. The van der Waals surface area contributed by atoms with Crippen LogP contribution in [0.5, 0.6) is 0 Å². The van der Waals surface area contributed by atoms with Gasteiger partial charge in [0.05, 0.1) is 17.5 Å². The lowest BCUT2D eigenvalue weighted by Crippen LogP contribution is -2.41. The first kappa shape index (κ1) is 17.6. The minimum atomic E-state index is -0.0876. The van der Waals surface area contributed by atoms with E-state index in [4.69, 9.17) is 4.42 Å². The van der Waals surface area contributed by atoms with Crippen LogP contribution in [0.4, 0.5) is 0 Å². The third-order valence-corrected chi connectivity index (χ3v) is 5.24. The number of carbonyl (C=O) groups is 2. The molecule has 1 N–H and O–H groups in total. The van der Waals surface area contributed by atoms with E-state index in [1.807, 2.05) is 4.90 Å². The van der Waals surface area contributed by atoms with Gasteiger partial charge < -0.3 is 14.6 Å². The summed E-state index contributed by atoms with van der Waals surface area (Å²) in [6.45, 7) is 4.08. The fraction of sp³-hybridized carbons (Fsp3) is 0.529. The number of piperidine rings is 1. The minimum absolute atomic E-state index is 0.0103. The molecule has 0 bridgehead atoms. The summed E-state index contributed by atoms with van der Waals surface area (Å²) in [6.07, 6.45) is 6.46. The highest BCUT2D eigenvalue weighted by Gasteiger charge is 2.25. The number of carbonyl (C=O) groups excluding carboxylic acids is 2. The summed E-state index contributed by atoms with van der Waals surface area (Å²) in [4.78, 5) is 27.1. The second kappa shape index (κ2) is 8.24. The van der Waals surface area contributed by atoms with Gasteiger partial charge in [0.2, 0.25) is 0 Å². The van der Waals surface area contributed by atoms with Crippen LogP contribution in [-0.2, 0) is 6.42 Å². The third-order valence-electron chi connectivity index (χ3n) is 4.47. The van der Waals surface area contributed by atoms with Crippen molar-refractivity contribution in [1.29, 1.82) is 0 Å². The van der Waals surface area contributed by atoms with Crippen LogP contribution in [0.2, 0.25) is 0 Å². The molecule has 1 saturated heterocycles. The van der Waals surface area contributed by atoms with E-state index in [9.17, 15) is 9.59 Å². The number of furan rings is 1. The molecule has 8 heteroatoms. The Bertz CT molecular complexity index is 705. The molecule has 1 fully saturated rings. The third kappa shape index (κ3) is 4.25. The van der Waals surface area contributed by atoms with Gasteiger partial charge in [-0.25, -0.2) is 0 Å². The number of hydrogen-bond acceptors (Lipinski definition) is 6. The standard InChI is InChI=1S/C17H22N4O3S/c1-2-3-14-15(25-20-19-14)16(22)18-10-12-4-7-21(8-5-12)17(23)13-6-9-24-11-13/h6,9,11-12H,2-5,7-8,10H2,1H3,(H,18,22). The van der Waals surface area contributed by atoms with E-state index in [0.29, 0.717) is 36.0 Å². The Kier molecular flexibility index (Phi) is 5.80. The lowest BCUT2D eigenvalue weighted by molar-refractivity contribution is 0.0683. The molecule has 3 heterocycles. The summed E-state index contributed by atoms with van der Waals surface area (Å²) in [5.74, 6) is 0.305. The number of hydrogen-bond donors (Lipinski definition) is 1. The predicted octanol–water partition coefficient (Wildman–Crippen LogP) is 2.37. The van der Waals surface area contributed by atoms with Gasteiger partial charge in [0.1, 0.15) is 11.1 Å². The minimum Gasteiger partial charge on any atom is -0.472 e. The summed E-state index contributed by atoms with van der Waals surface area (Å²) in [6, 6.07) is 1.69. The maximum absolute atomic E-state index is 12.3. The predicted molar refractivity (Wildman–Crippen MR) is 93.6 cm³/mol. The Morgan fingerprint density at radius 1 is 1.40 bits per heavy atom. The van der Waals surface area contributed by atoms with Crippen molar-refractivity contribution in [3.8, 4) is 0 Å². The number of nitrogens with zero attached hydrogens (tertiary/aromatic N) is 3. The van der Waals surface area contributed by atoms with Crippen molar-refractivity contribution in [2.45, 2.75) is 32.6 Å². The van der Waals surface area contributed by atoms with Crippen LogP contribution in [0.25, 0.3) is 0 Å². The topological polar surface area (TPSA) is 88.3 Å². The van der Waals surface area contributed by atoms with Crippen molar-refractivity contribution in [2.75, 3.05) is 19.6 Å². The quantitative estimate of drug-likeness (QED) is 0.852. The average Bonchev–Trinajstić information content (AvgIpc) is 3.32. The van der Waals surface area contributed by atoms with Gasteiger partial charge in [-0.3, -0.25) is 9.59 Å². The summed E-state index contributed by atoms with van der Waals surface area (Å²) >= 11 is 1.15. The highest BCUT2D eigenvalue weighted by atomic mass is 32.1. The van der Waals surface area contributed by atoms with Crippen molar-refractivity contribution in [1.82, 2.24) is 19.8 Å². The number of amides is 2. The van der Waals surface area contributed by atoms with Crippen molar-refractivity contribution >= 4 is 23.3 Å². The number of rotatable bonds is 6. The SMILES string of the molecule is CCCc1nnsc1C(=O)NCC1CCN(C(=O)c2ccoc2)CC1. The van der Waals surface area contributed by atoms with Crippen molar-refractivity contribution in [3.05, 3.63) is 34.7 Å². The van der Waals surface area contributed by atoms with Crippen molar-refractivity contribution in [3.63, 3.8) is 0 Å². The van der Waals surface area contributed by atoms with Crippen LogP contribution < -0.4 is 5.32 Å². The first-order chi connectivity index (χ1) is 12.2. The average molecular weight is 362 g/mol. The van der Waals surface area contributed by atoms with E-state index < -0.39 is 0 Å². The van der Waals surface area contributed by atoms with Gasteiger partial charge in [0.25, 0.3) is 11.8 Å². The molecule has 7 nitrogen and oxygen atoms in total. The Hall–Kier alpha value is -2.22. The molecule has 25 heavy (non-hydrogen) atoms. The molecule has 0 aromatic carbocycles. The Morgan fingerprint density at radius 3 is 2.88 bits per heavy atom. The molecule has 1 aliphatic heterocycles. The van der Waals surface area contributed by atoms with Gasteiger partial charge in [0, 0.05) is 19.6 Å². The van der Waals surface area contributed by atoms with Crippen LogP contribution in [-0.4, -0.2) is 45.9 Å². The largest absolute Gasteiger partial charge is 0.472 e. The first-order valence-electron chi connectivity index (χ1n) is 8.60. The molecule has 2 amide bonds. The molecule has 3 rings (SSSR count). The fourth-order valence-corrected chi connectivity index (χ4v) is 3.63. The van der Waals surface area contributed by atoms with Crippen LogP contribution in [0, 0.1) is 5.92 Å². The number of aryl methyl sites for hydroxylation is 1. The number of aromatic nitrogens is 2. The van der Waals surface area contributed by atoms with Gasteiger partial charge in [-0.1, -0.05) is 17.8 Å². The van der Waals surface area contributed by atoms with E-state index in [0.717, 1.165) is 42.9 Å². The lowest BCUT2D eigenvalue weighted by atomic mass is 9.96. The van der Waals surface area contributed by atoms with E-state index >= 15 is 0 Å². The molecule has 134 valence electrons. The number of nitrogens with one attached hydrogen (secondary N) is 1. The highest BCUT2D eigenvalue weighted by molar-refractivity contribution is 7.08. The van der Waals surface area contributed by atoms with Crippen LogP contribution in [0.1, 0.15) is 51.9 Å². The smallest absolute Gasteiger partial charge is 0.264 e. The molecule has 0 spiro atoms. The summed E-state index contributed by atoms with van der Waals surface area (Å²) in [7, 11) is 0. The van der Waals surface area contributed by atoms with Crippen LogP contribution in [0.3, 0.4) is 0 Å². The van der Waals surface area contributed by atoms with Crippen molar-refractivity contribution < 1.29 is 14.0 Å². The molecule has 0 radical (unpaired) electrons. The Labute approximate surface area is 150 Å². The van der Waals surface area contributed by atoms with E-state index in [1.165, 1.54) is 12.5 Å². The molecule has 0 saturated carbocycles. The van der Waals surface area contributed by atoms with Gasteiger partial charge in [-0.15, -0.1) is 5.10 Å². The van der Waals surface area contributed by atoms with Gasteiger partial charge in [-0.05, 0) is 42.8 Å². The highest BCUT2D eigenvalue weighted by Crippen LogP contribution is 2.19. The molecule has 0 aliphatic carbocycles. The Balaban J connectivity index is 1.45. The van der Waals surface area contributed by atoms with E-state index in [1.54, 1.807) is 6.07 Å². The van der Waals surface area contributed by atoms with Gasteiger partial charge >= 0.3 is 0 Å². The maximum Gasteiger partial charge on any atom is 0.264 e. The van der Waals surface area contributed by atoms with Gasteiger partial charge in [-0.2, -0.15) is 0 Å². The molecule has 2 aromatic rings.